The third-order valence-electron chi connectivity index (χ3n) is 4.25. The molecule has 0 fully saturated rings. The number of benzene rings is 1. The number of fused-ring (bicyclic) bond motifs is 1. The number of rotatable bonds is 4. The van der Waals surface area contributed by atoms with Crippen molar-refractivity contribution < 1.29 is 9.59 Å². The fraction of sp³-hybridized carbons (Fsp3) is 0.389. The molecule has 132 valence electrons. The van der Waals surface area contributed by atoms with E-state index in [4.69, 9.17) is 0 Å². The van der Waals surface area contributed by atoms with Crippen LogP contribution in [0.5, 0.6) is 0 Å². The number of hydrogen-bond acceptors (Lipinski definition) is 4. The normalized spacial score (nSPS) is 13.2. The summed E-state index contributed by atoms with van der Waals surface area (Å²) in [5.74, 6) is -0.387. The number of aryl methyl sites for hydroxylation is 1. The number of amides is 2. The van der Waals surface area contributed by atoms with Gasteiger partial charge in [-0.15, -0.1) is 0 Å². The van der Waals surface area contributed by atoms with Gasteiger partial charge in [0.2, 0.25) is 5.91 Å². The molecule has 25 heavy (non-hydrogen) atoms. The maximum absolute atomic E-state index is 12.4. The average molecular weight is 359 g/mol. The molecule has 0 saturated carbocycles. The van der Waals surface area contributed by atoms with Gasteiger partial charge in [-0.25, -0.2) is 0 Å². The molecular weight excluding hydrogens is 338 g/mol. The second-order valence-corrected chi connectivity index (χ2v) is 7.41. The smallest absolute Gasteiger partial charge is 0.308 e. The zero-order chi connectivity index (χ0) is 18.0. The van der Waals surface area contributed by atoms with Gasteiger partial charge >= 0.3 is 4.87 Å². The molecule has 0 saturated heterocycles. The Kier molecular flexibility index (Phi) is 5.03. The Labute approximate surface area is 150 Å². The molecule has 1 aromatic carbocycles. The summed E-state index contributed by atoms with van der Waals surface area (Å²) in [4.78, 5) is 39.1. The van der Waals surface area contributed by atoms with E-state index in [1.807, 2.05) is 0 Å². The monoisotopic (exact) mass is 359 g/mol. The van der Waals surface area contributed by atoms with E-state index in [-0.39, 0.29) is 23.2 Å². The number of nitrogens with zero attached hydrogens (tertiary/aromatic N) is 2. The molecule has 1 aliphatic rings. The molecule has 1 N–H and O–H groups in total. The molecule has 0 aliphatic heterocycles. The van der Waals surface area contributed by atoms with Crippen LogP contribution >= 0.6 is 11.3 Å². The molecule has 0 spiro atoms. The van der Waals surface area contributed by atoms with E-state index in [0.717, 1.165) is 36.3 Å². The van der Waals surface area contributed by atoms with Crippen LogP contribution in [0.1, 0.15) is 33.8 Å². The molecule has 3 rings (SSSR count). The van der Waals surface area contributed by atoms with Gasteiger partial charge in [0.15, 0.2) is 0 Å². The van der Waals surface area contributed by atoms with Crippen LogP contribution in [0.25, 0.3) is 0 Å². The summed E-state index contributed by atoms with van der Waals surface area (Å²) in [5.41, 5.74) is 2.07. The van der Waals surface area contributed by atoms with E-state index in [9.17, 15) is 14.4 Å². The number of hydrogen-bond donors (Lipinski definition) is 1. The van der Waals surface area contributed by atoms with Crippen molar-refractivity contribution in [2.24, 2.45) is 0 Å². The van der Waals surface area contributed by atoms with E-state index in [2.05, 4.69) is 5.32 Å². The zero-order valence-corrected chi connectivity index (χ0v) is 15.2. The van der Waals surface area contributed by atoms with Crippen LogP contribution in [0.4, 0.5) is 5.69 Å². The van der Waals surface area contributed by atoms with Gasteiger partial charge in [0.05, 0.1) is 0 Å². The van der Waals surface area contributed by atoms with Gasteiger partial charge in [-0.1, -0.05) is 17.4 Å². The Bertz CT molecular complexity index is 867. The zero-order valence-electron chi connectivity index (χ0n) is 14.4. The van der Waals surface area contributed by atoms with Gasteiger partial charge in [-0.3, -0.25) is 19.0 Å². The number of aromatic nitrogens is 1. The first kappa shape index (κ1) is 17.4. The predicted molar refractivity (Wildman–Crippen MR) is 98.3 cm³/mol. The van der Waals surface area contributed by atoms with Crippen molar-refractivity contribution in [2.45, 2.75) is 32.2 Å². The molecule has 1 aliphatic carbocycles. The van der Waals surface area contributed by atoms with Crippen molar-refractivity contribution in [1.29, 1.82) is 0 Å². The summed E-state index contributed by atoms with van der Waals surface area (Å²) in [6.45, 7) is 0.0104. The van der Waals surface area contributed by atoms with Gasteiger partial charge in [0.25, 0.3) is 5.91 Å². The number of carbonyl (C=O) groups is 2. The topological polar surface area (TPSA) is 71.4 Å². The highest BCUT2D eigenvalue weighted by molar-refractivity contribution is 7.09. The second-order valence-electron chi connectivity index (χ2n) is 6.36. The summed E-state index contributed by atoms with van der Waals surface area (Å²) >= 11 is 1.25. The first-order valence-corrected chi connectivity index (χ1v) is 9.10. The highest BCUT2D eigenvalue weighted by Crippen LogP contribution is 2.23. The SMILES string of the molecule is CN(C)C(=O)c1cccc(NC(=O)Cn2c3c(sc2=O)CCCC3)c1. The third kappa shape index (κ3) is 3.82. The molecule has 2 amide bonds. The van der Waals surface area contributed by atoms with Crippen LogP contribution < -0.4 is 10.2 Å². The molecule has 0 bridgehead atoms. The molecule has 7 heteroatoms. The van der Waals surface area contributed by atoms with E-state index >= 15 is 0 Å². The van der Waals surface area contributed by atoms with Gasteiger partial charge in [-0.2, -0.15) is 0 Å². The lowest BCUT2D eigenvalue weighted by molar-refractivity contribution is -0.116. The van der Waals surface area contributed by atoms with Crippen molar-refractivity contribution in [3.05, 3.63) is 50.1 Å². The van der Waals surface area contributed by atoms with Crippen molar-refractivity contribution in [1.82, 2.24) is 9.47 Å². The Morgan fingerprint density at radius 3 is 2.76 bits per heavy atom. The van der Waals surface area contributed by atoms with Crippen LogP contribution in [0.2, 0.25) is 0 Å². The Morgan fingerprint density at radius 1 is 1.24 bits per heavy atom. The number of nitrogens with one attached hydrogen (secondary N) is 1. The fourth-order valence-electron chi connectivity index (χ4n) is 3.02. The highest BCUT2D eigenvalue weighted by atomic mass is 32.1. The van der Waals surface area contributed by atoms with Gasteiger partial charge in [0.1, 0.15) is 6.54 Å². The molecule has 0 unspecified atom stereocenters. The van der Waals surface area contributed by atoms with Crippen molar-refractivity contribution in [3.8, 4) is 0 Å². The standard InChI is InChI=1S/C18H21N3O3S/c1-20(2)17(23)12-6-5-7-13(10-12)19-16(22)11-21-14-8-3-4-9-15(14)25-18(21)24/h5-7,10H,3-4,8-9,11H2,1-2H3,(H,19,22). The minimum atomic E-state index is -0.261. The molecule has 0 atom stereocenters. The summed E-state index contributed by atoms with van der Waals surface area (Å²) < 4.78 is 1.59. The molecule has 2 aromatic rings. The van der Waals surface area contributed by atoms with Crippen molar-refractivity contribution >= 4 is 28.8 Å². The van der Waals surface area contributed by atoms with Crippen molar-refractivity contribution in [2.75, 3.05) is 19.4 Å². The summed E-state index contributed by atoms with van der Waals surface area (Å²) in [6, 6.07) is 6.81. The average Bonchev–Trinajstić information content (AvgIpc) is 2.90. The van der Waals surface area contributed by atoms with E-state index in [0.29, 0.717) is 11.3 Å². The summed E-state index contributed by atoms with van der Waals surface area (Å²) in [6.07, 6.45) is 3.94. The van der Waals surface area contributed by atoms with Gasteiger partial charge in [0, 0.05) is 35.9 Å². The summed E-state index contributed by atoms with van der Waals surface area (Å²) in [7, 11) is 3.36. The Morgan fingerprint density at radius 2 is 2.00 bits per heavy atom. The van der Waals surface area contributed by atoms with Gasteiger partial charge < -0.3 is 10.2 Å². The van der Waals surface area contributed by atoms with E-state index < -0.39 is 0 Å². The molecule has 1 aromatic heterocycles. The minimum Gasteiger partial charge on any atom is -0.345 e. The van der Waals surface area contributed by atoms with E-state index in [1.54, 1.807) is 42.9 Å². The fourth-order valence-corrected chi connectivity index (χ4v) is 4.09. The van der Waals surface area contributed by atoms with Crippen LogP contribution in [0, 0.1) is 0 Å². The van der Waals surface area contributed by atoms with Crippen LogP contribution in [-0.4, -0.2) is 35.4 Å². The Balaban J connectivity index is 1.74. The van der Waals surface area contributed by atoms with Crippen molar-refractivity contribution in [3.63, 3.8) is 0 Å². The lowest BCUT2D eigenvalue weighted by Crippen LogP contribution is -2.26. The molecule has 6 nitrogen and oxygen atoms in total. The molecule has 0 radical (unpaired) electrons. The van der Waals surface area contributed by atoms with E-state index in [1.165, 1.54) is 16.2 Å². The lowest BCUT2D eigenvalue weighted by atomic mass is 10.0. The second kappa shape index (κ2) is 7.23. The quantitative estimate of drug-likeness (QED) is 0.909. The van der Waals surface area contributed by atoms with Gasteiger partial charge in [-0.05, 0) is 43.9 Å². The number of carbonyl (C=O) groups excluding carboxylic acids is 2. The van der Waals surface area contributed by atoms with Crippen LogP contribution in [0.3, 0.4) is 0 Å². The maximum atomic E-state index is 12.4. The molecule has 1 heterocycles. The highest BCUT2D eigenvalue weighted by Gasteiger charge is 2.19. The molecular formula is C18H21N3O3S. The summed E-state index contributed by atoms with van der Waals surface area (Å²) in [5, 5.41) is 2.78. The van der Waals surface area contributed by atoms with Crippen LogP contribution in [0.15, 0.2) is 29.1 Å². The third-order valence-corrected chi connectivity index (χ3v) is 5.33. The lowest BCUT2D eigenvalue weighted by Gasteiger charge is -2.14. The largest absolute Gasteiger partial charge is 0.345 e. The first-order chi connectivity index (χ1) is 12.0. The minimum absolute atomic E-state index is 0.0104. The first-order valence-electron chi connectivity index (χ1n) is 8.28. The maximum Gasteiger partial charge on any atom is 0.308 e. The number of anilines is 1. The van der Waals surface area contributed by atoms with Crippen LogP contribution in [-0.2, 0) is 24.2 Å². The predicted octanol–water partition coefficient (Wildman–Crippen LogP) is 2.13. The Hall–Kier alpha value is -2.41. The number of thiazole rings is 1.